The maximum absolute atomic E-state index is 11.4. The summed E-state index contributed by atoms with van der Waals surface area (Å²) >= 11 is 9.34. The van der Waals surface area contributed by atoms with E-state index in [1.165, 1.54) is 12.3 Å². The summed E-state index contributed by atoms with van der Waals surface area (Å²) in [6, 6.07) is 6.77. The van der Waals surface area contributed by atoms with Crippen LogP contribution in [0, 0.1) is 0 Å². The Bertz CT molecular complexity index is 648. The van der Waals surface area contributed by atoms with E-state index in [0.29, 0.717) is 26.7 Å². The molecule has 2 rings (SSSR count). The quantitative estimate of drug-likeness (QED) is 0.800. The van der Waals surface area contributed by atoms with Crippen molar-refractivity contribution in [2.24, 2.45) is 5.73 Å². The molecule has 1 aromatic carbocycles. The van der Waals surface area contributed by atoms with Gasteiger partial charge in [-0.25, -0.2) is 4.98 Å². The van der Waals surface area contributed by atoms with Crippen molar-refractivity contribution in [2.45, 2.75) is 0 Å². The Morgan fingerprint density at radius 3 is 2.84 bits per heavy atom. The van der Waals surface area contributed by atoms with Crippen LogP contribution in [0.2, 0.25) is 5.02 Å². The molecule has 0 atom stereocenters. The molecule has 7 heteroatoms. The summed E-state index contributed by atoms with van der Waals surface area (Å²) in [4.78, 5) is 15.4. The van der Waals surface area contributed by atoms with Crippen molar-refractivity contribution >= 4 is 50.6 Å². The van der Waals surface area contributed by atoms with Crippen molar-refractivity contribution in [3.63, 3.8) is 0 Å². The van der Waals surface area contributed by atoms with Crippen LogP contribution >= 0.6 is 27.5 Å². The molecule has 0 radical (unpaired) electrons. The fourth-order valence-electron chi connectivity index (χ4n) is 1.50. The van der Waals surface area contributed by atoms with Gasteiger partial charge in [-0.1, -0.05) is 17.7 Å². The second-order valence-electron chi connectivity index (χ2n) is 3.76. The Hall–Kier alpha value is -1.79. The van der Waals surface area contributed by atoms with E-state index in [1.807, 2.05) is 0 Å². The largest absolute Gasteiger partial charge is 0.397 e. The van der Waals surface area contributed by atoms with E-state index < -0.39 is 5.91 Å². The van der Waals surface area contributed by atoms with Crippen LogP contribution in [0.4, 0.5) is 17.2 Å². The molecule has 19 heavy (non-hydrogen) atoms. The van der Waals surface area contributed by atoms with Crippen molar-refractivity contribution in [1.29, 1.82) is 0 Å². The number of hydrogen-bond acceptors (Lipinski definition) is 4. The maximum atomic E-state index is 11.4. The third kappa shape index (κ3) is 2.97. The highest BCUT2D eigenvalue weighted by atomic mass is 79.9. The average molecular weight is 342 g/mol. The number of nitrogens with zero attached hydrogens (tertiary/aromatic N) is 1. The van der Waals surface area contributed by atoms with Crippen molar-refractivity contribution in [3.8, 4) is 0 Å². The smallest absolute Gasteiger partial charge is 0.252 e. The van der Waals surface area contributed by atoms with Gasteiger partial charge in [0.25, 0.3) is 5.91 Å². The fourth-order valence-corrected chi connectivity index (χ4v) is 2.03. The van der Waals surface area contributed by atoms with Crippen molar-refractivity contribution in [3.05, 3.63) is 45.5 Å². The van der Waals surface area contributed by atoms with Gasteiger partial charge in [0, 0.05) is 0 Å². The number of nitrogens with one attached hydrogen (secondary N) is 1. The highest BCUT2D eigenvalue weighted by Crippen LogP contribution is 2.32. The third-order valence-electron chi connectivity index (χ3n) is 2.38. The number of benzene rings is 1. The molecule has 0 unspecified atom stereocenters. The first-order chi connectivity index (χ1) is 8.99. The third-order valence-corrected chi connectivity index (χ3v) is 3.78. The van der Waals surface area contributed by atoms with Gasteiger partial charge in [-0.05, 0) is 34.1 Å². The van der Waals surface area contributed by atoms with Crippen molar-refractivity contribution in [2.75, 3.05) is 11.1 Å². The normalized spacial score (nSPS) is 10.2. The Morgan fingerprint density at radius 1 is 1.42 bits per heavy atom. The summed E-state index contributed by atoms with van der Waals surface area (Å²) in [5.74, 6) is -0.287. The first-order valence-electron chi connectivity index (χ1n) is 5.25. The molecule has 0 spiro atoms. The minimum atomic E-state index is -0.611. The van der Waals surface area contributed by atoms with Crippen LogP contribution in [0.5, 0.6) is 0 Å². The van der Waals surface area contributed by atoms with Crippen LogP contribution in [0.3, 0.4) is 0 Å². The first-order valence-corrected chi connectivity index (χ1v) is 6.42. The monoisotopic (exact) mass is 340 g/mol. The molecule has 0 aliphatic heterocycles. The Morgan fingerprint density at radius 2 is 2.16 bits per heavy atom. The number of primary amides is 1. The average Bonchev–Trinajstić information content (AvgIpc) is 2.36. The van der Waals surface area contributed by atoms with E-state index in [-0.39, 0.29) is 5.56 Å². The Labute approximate surface area is 123 Å². The lowest BCUT2D eigenvalue weighted by atomic mass is 10.2. The molecule has 1 aromatic heterocycles. The number of carbonyl (C=O) groups is 1. The number of anilines is 3. The van der Waals surface area contributed by atoms with E-state index in [9.17, 15) is 4.79 Å². The van der Waals surface area contributed by atoms with Crippen LogP contribution in [0.15, 0.2) is 34.9 Å². The molecule has 98 valence electrons. The van der Waals surface area contributed by atoms with Gasteiger partial charge >= 0.3 is 0 Å². The number of carbonyl (C=O) groups excluding carboxylic acids is 1. The molecule has 1 amide bonds. The van der Waals surface area contributed by atoms with Gasteiger partial charge in [0.05, 0.1) is 32.6 Å². The van der Waals surface area contributed by atoms with E-state index in [2.05, 4.69) is 26.2 Å². The lowest BCUT2D eigenvalue weighted by Gasteiger charge is -2.11. The number of hydrogen-bond donors (Lipinski definition) is 3. The standard InChI is InChI=1S/C12H10BrClN4O/c13-10-8(14)2-1-3-9(10)18-12-7(11(16)19)4-6(15)5-17-12/h1-5H,15H2,(H2,16,19)(H,17,18). The molecular formula is C12H10BrClN4O. The molecule has 0 aliphatic rings. The van der Waals surface area contributed by atoms with Crippen LogP contribution in [0.1, 0.15) is 10.4 Å². The van der Waals surface area contributed by atoms with Crippen molar-refractivity contribution in [1.82, 2.24) is 4.98 Å². The number of amides is 1. The van der Waals surface area contributed by atoms with Gasteiger partial charge in [-0.2, -0.15) is 0 Å². The van der Waals surface area contributed by atoms with E-state index in [4.69, 9.17) is 23.1 Å². The zero-order valence-corrected chi connectivity index (χ0v) is 12.0. The molecule has 1 heterocycles. The van der Waals surface area contributed by atoms with Gasteiger partial charge in [0.15, 0.2) is 0 Å². The summed E-state index contributed by atoms with van der Waals surface area (Å²) in [5.41, 5.74) is 12.1. The van der Waals surface area contributed by atoms with Gasteiger partial charge in [0.1, 0.15) is 5.82 Å². The number of nitrogen functional groups attached to an aromatic ring is 1. The summed E-state index contributed by atoms with van der Waals surface area (Å²) in [6.45, 7) is 0. The number of rotatable bonds is 3. The highest BCUT2D eigenvalue weighted by Gasteiger charge is 2.12. The van der Waals surface area contributed by atoms with E-state index >= 15 is 0 Å². The van der Waals surface area contributed by atoms with Gasteiger partial charge < -0.3 is 16.8 Å². The second-order valence-corrected chi connectivity index (χ2v) is 4.96. The summed E-state index contributed by atoms with van der Waals surface area (Å²) in [7, 11) is 0. The van der Waals surface area contributed by atoms with Gasteiger partial charge in [-0.15, -0.1) is 0 Å². The maximum Gasteiger partial charge on any atom is 0.252 e. The minimum absolute atomic E-state index is 0.215. The predicted molar refractivity (Wildman–Crippen MR) is 79.6 cm³/mol. The number of halogens is 2. The van der Waals surface area contributed by atoms with Gasteiger partial charge in [-0.3, -0.25) is 4.79 Å². The summed E-state index contributed by atoms with van der Waals surface area (Å²) < 4.78 is 0.672. The van der Waals surface area contributed by atoms with Crippen LogP contribution in [-0.4, -0.2) is 10.9 Å². The number of aromatic nitrogens is 1. The molecule has 0 bridgehead atoms. The number of nitrogens with two attached hydrogens (primary N) is 2. The topological polar surface area (TPSA) is 94.0 Å². The van der Waals surface area contributed by atoms with E-state index in [1.54, 1.807) is 18.2 Å². The van der Waals surface area contributed by atoms with Crippen LogP contribution in [0.25, 0.3) is 0 Å². The minimum Gasteiger partial charge on any atom is -0.397 e. The van der Waals surface area contributed by atoms with Crippen molar-refractivity contribution < 1.29 is 4.79 Å². The van der Waals surface area contributed by atoms with Crippen LogP contribution < -0.4 is 16.8 Å². The molecular weight excluding hydrogens is 332 g/mol. The van der Waals surface area contributed by atoms with Crippen LogP contribution in [-0.2, 0) is 0 Å². The Kier molecular flexibility index (Phi) is 3.92. The molecule has 0 saturated heterocycles. The molecule has 0 fully saturated rings. The lowest BCUT2D eigenvalue weighted by Crippen LogP contribution is -2.15. The molecule has 5 N–H and O–H groups in total. The van der Waals surface area contributed by atoms with Gasteiger partial charge in [0.2, 0.25) is 0 Å². The SMILES string of the molecule is NC(=O)c1cc(N)cnc1Nc1cccc(Cl)c1Br. The summed E-state index contributed by atoms with van der Waals surface area (Å²) in [5, 5.41) is 3.53. The zero-order valence-electron chi connectivity index (χ0n) is 9.65. The molecule has 0 aliphatic carbocycles. The predicted octanol–water partition coefficient (Wildman–Crippen LogP) is 2.92. The molecule has 2 aromatic rings. The van der Waals surface area contributed by atoms with E-state index in [0.717, 1.165) is 0 Å². The highest BCUT2D eigenvalue weighted by molar-refractivity contribution is 9.10. The Balaban J connectivity index is 2.44. The lowest BCUT2D eigenvalue weighted by molar-refractivity contribution is 0.100. The molecule has 0 saturated carbocycles. The number of pyridine rings is 1. The summed E-state index contributed by atoms with van der Waals surface area (Å²) in [6.07, 6.45) is 1.44. The zero-order chi connectivity index (χ0) is 14.0. The first kappa shape index (κ1) is 13.6. The molecule has 5 nitrogen and oxygen atoms in total. The second kappa shape index (κ2) is 5.46. The fraction of sp³-hybridized carbons (Fsp3) is 0.